The molecule has 16 heavy (non-hydrogen) atoms. The first-order chi connectivity index (χ1) is 7.77. The minimum atomic E-state index is -0.260. The molecule has 0 spiro atoms. The summed E-state index contributed by atoms with van der Waals surface area (Å²) in [7, 11) is 1.62. The van der Waals surface area contributed by atoms with Crippen molar-refractivity contribution in [2.45, 2.75) is 6.61 Å². The molecule has 0 aromatic heterocycles. The van der Waals surface area contributed by atoms with Crippen molar-refractivity contribution in [1.82, 2.24) is 5.32 Å². The summed E-state index contributed by atoms with van der Waals surface area (Å²) in [5, 5.41) is 5.37. The largest absolute Gasteiger partial charge is 0.380 e. The molecular formula is C11H15ClN2O2. The van der Waals surface area contributed by atoms with Gasteiger partial charge in [-0.3, -0.25) is 0 Å². The summed E-state index contributed by atoms with van der Waals surface area (Å²) in [5.41, 5.74) is 1.68. The van der Waals surface area contributed by atoms with E-state index in [4.69, 9.17) is 16.3 Å². The fraction of sp³-hybridized carbons (Fsp3) is 0.364. The van der Waals surface area contributed by atoms with Crippen LogP contribution in [0.3, 0.4) is 0 Å². The number of amides is 2. The summed E-state index contributed by atoms with van der Waals surface area (Å²) in [6, 6.07) is 7.23. The van der Waals surface area contributed by atoms with Crippen LogP contribution in [0.4, 0.5) is 10.5 Å². The van der Waals surface area contributed by atoms with Gasteiger partial charge in [0.2, 0.25) is 0 Å². The van der Waals surface area contributed by atoms with Crippen LogP contribution in [0, 0.1) is 0 Å². The van der Waals surface area contributed by atoms with Crippen LogP contribution < -0.4 is 10.6 Å². The Balaban J connectivity index is 2.61. The summed E-state index contributed by atoms with van der Waals surface area (Å²) >= 11 is 5.47. The number of carbonyl (C=O) groups is 1. The zero-order valence-corrected chi connectivity index (χ0v) is 9.88. The van der Waals surface area contributed by atoms with Gasteiger partial charge in [0, 0.05) is 30.8 Å². The molecule has 0 unspecified atom stereocenters. The van der Waals surface area contributed by atoms with E-state index in [1.54, 1.807) is 7.11 Å². The first kappa shape index (κ1) is 12.8. The Kier molecular flexibility index (Phi) is 5.67. The number of rotatable bonds is 5. The molecule has 1 aromatic rings. The average Bonchev–Trinajstić information content (AvgIpc) is 2.29. The highest BCUT2D eigenvalue weighted by Crippen LogP contribution is 2.15. The molecule has 1 aromatic carbocycles. The second kappa shape index (κ2) is 7.09. The van der Waals surface area contributed by atoms with Crippen LogP contribution >= 0.6 is 11.6 Å². The second-order valence-electron chi connectivity index (χ2n) is 3.16. The van der Waals surface area contributed by atoms with E-state index in [0.717, 1.165) is 11.3 Å². The highest BCUT2D eigenvalue weighted by molar-refractivity contribution is 6.18. The van der Waals surface area contributed by atoms with Crippen molar-refractivity contribution in [1.29, 1.82) is 0 Å². The van der Waals surface area contributed by atoms with Crippen molar-refractivity contribution in [3.8, 4) is 0 Å². The van der Waals surface area contributed by atoms with Gasteiger partial charge in [-0.15, -0.1) is 11.6 Å². The van der Waals surface area contributed by atoms with Gasteiger partial charge in [-0.2, -0.15) is 0 Å². The summed E-state index contributed by atoms with van der Waals surface area (Å²) < 4.78 is 5.04. The number of ether oxygens (including phenoxy) is 1. The van der Waals surface area contributed by atoms with Gasteiger partial charge in [0.15, 0.2) is 0 Å². The van der Waals surface area contributed by atoms with Gasteiger partial charge in [0.1, 0.15) is 0 Å². The number of halogens is 1. The van der Waals surface area contributed by atoms with Gasteiger partial charge < -0.3 is 15.4 Å². The summed E-state index contributed by atoms with van der Waals surface area (Å²) in [5.74, 6) is 0.396. The van der Waals surface area contributed by atoms with Crippen molar-refractivity contribution in [3.05, 3.63) is 29.8 Å². The van der Waals surface area contributed by atoms with Crippen molar-refractivity contribution < 1.29 is 9.53 Å². The molecule has 88 valence electrons. The number of anilines is 1. The summed E-state index contributed by atoms with van der Waals surface area (Å²) in [6.45, 7) is 0.909. The van der Waals surface area contributed by atoms with Gasteiger partial charge in [0.25, 0.3) is 0 Å². The molecule has 5 heteroatoms. The third-order valence-corrected chi connectivity index (χ3v) is 2.13. The number of urea groups is 1. The Morgan fingerprint density at radius 3 is 2.88 bits per heavy atom. The van der Waals surface area contributed by atoms with E-state index < -0.39 is 0 Å². The van der Waals surface area contributed by atoms with Gasteiger partial charge in [0.05, 0.1) is 6.61 Å². The lowest BCUT2D eigenvalue weighted by Gasteiger charge is -2.10. The summed E-state index contributed by atoms with van der Waals surface area (Å²) in [6.07, 6.45) is 0. The van der Waals surface area contributed by atoms with E-state index in [1.807, 2.05) is 24.3 Å². The Morgan fingerprint density at radius 2 is 2.19 bits per heavy atom. The fourth-order valence-electron chi connectivity index (χ4n) is 1.25. The van der Waals surface area contributed by atoms with Crippen molar-refractivity contribution >= 4 is 23.3 Å². The van der Waals surface area contributed by atoms with E-state index in [2.05, 4.69) is 10.6 Å². The molecule has 0 atom stereocenters. The lowest BCUT2D eigenvalue weighted by Crippen LogP contribution is -2.30. The van der Waals surface area contributed by atoms with E-state index in [1.165, 1.54) is 0 Å². The minimum Gasteiger partial charge on any atom is -0.380 e. The topological polar surface area (TPSA) is 50.4 Å². The molecule has 0 heterocycles. The Bertz CT molecular complexity index is 345. The monoisotopic (exact) mass is 242 g/mol. The number of nitrogens with one attached hydrogen (secondary N) is 2. The lowest BCUT2D eigenvalue weighted by molar-refractivity contribution is 0.185. The van der Waals surface area contributed by atoms with Crippen molar-refractivity contribution in [2.75, 3.05) is 24.9 Å². The third-order valence-electron chi connectivity index (χ3n) is 1.95. The van der Waals surface area contributed by atoms with E-state index >= 15 is 0 Å². The Labute approximate surface area is 99.9 Å². The van der Waals surface area contributed by atoms with E-state index in [-0.39, 0.29) is 6.03 Å². The van der Waals surface area contributed by atoms with Crippen LogP contribution in [0.25, 0.3) is 0 Å². The van der Waals surface area contributed by atoms with Gasteiger partial charge in [-0.25, -0.2) is 4.79 Å². The van der Waals surface area contributed by atoms with E-state index in [9.17, 15) is 4.79 Å². The number of benzene rings is 1. The standard InChI is InChI=1S/C11H15ClN2O2/c1-16-8-9-4-2-3-5-10(9)14-11(15)13-7-6-12/h2-5H,6-8H2,1H3,(H2,13,14,15). The smallest absolute Gasteiger partial charge is 0.319 e. The van der Waals surface area contributed by atoms with Gasteiger partial charge >= 0.3 is 6.03 Å². The zero-order chi connectivity index (χ0) is 11.8. The number of hydrogen-bond donors (Lipinski definition) is 2. The molecule has 0 aliphatic rings. The van der Waals surface area contributed by atoms with Crippen LogP contribution in [-0.4, -0.2) is 25.6 Å². The predicted octanol–water partition coefficient (Wildman–Crippen LogP) is 2.19. The van der Waals surface area contributed by atoms with Crippen LogP contribution in [0.15, 0.2) is 24.3 Å². The predicted molar refractivity (Wildman–Crippen MR) is 64.9 cm³/mol. The molecule has 4 nitrogen and oxygen atoms in total. The quantitative estimate of drug-likeness (QED) is 0.778. The molecule has 0 aliphatic heterocycles. The molecule has 2 N–H and O–H groups in total. The van der Waals surface area contributed by atoms with Crippen LogP contribution in [0.5, 0.6) is 0 Å². The minimum absolute atomic E-state index is 0.260. The highest BCUT2D eigenvalue weighted by atomic mass is 35.5. The Hall–Kier alpha value is -1.26. The molecule has 0 saturated carbocycles. The van der Waals surface area contributed by atoms with Crippen molar-refractivity contribution in [3.63, 3.8) is 0 Å². The fourth-order valence-corrected chi connectivity index (χ4v) is 1.35. The summed E-state index contributed by atoms with van der Waals surface area (Å²) in [4.78, 5) is 11.4. The molecule has 0 bridgehead atoms. The second-order valence-corrected chi connectivity index (χ2v) is 3.54. The van der Waals surface area contributed by atoms with Crippen LogP contribution in [-0.2, 0) is 11.3 Å². The number of carbonyl (C=O) groups excluding carboxylic acids is 1. The number of methoxy groups -OCH3 is 1. The SMILES string of the molecule is COCc1ccccc1NC(=O)NCCCl. The molecule has 2 amide bonds. The first-order valence-corrected chi connectivity index (χ1v) is 5.49. The number of para-hydroxylation sites is 1. The van der Waals surface area contributed by atoms with Crippen molar-refractivity contribution in [2.24, 2.45) is 0 Å². The molecule has 0 fully saturated rings. The van der Waals surface area contributed by atoms with Crippen LogP contribution in [0.1, 0.15) is 5.56 Å². The zero-order valence-electron chi connectivity index (χ0n) is 9.13. The molecule has 0 aliphatic carbocycles. The Morgan fingerprint density at radius 1 is 1.44 bits per heavy atom. The van der Waals surface area contributed by atoms with E-state index in [0.29, 0.717) is 19.0 Å². The van der Waals surface area contributed by atoms with Crippen LogP contribution in [0.2, 0.25) is 0 Å². The maximum atomic E-state index is 11.4. The molecule has 0 saturated heterocycles. The highest BCUT2D eigenvalue weighted by Gasteiger charge is 2.04. The number of hydrogen-bond acceptors (Lipinski definition) is 2. The van der Waals surface area contributed by atoms with Gasteiger partial charge in [-0.05, 0) is 6.07 Å². The maximum absolute atomic E-state index is 11.4. The maximum Gasteiger partial charge on any atom is 0.319 e. The lowest BCUT2D eigenvalue weighted by atomic mass is 10.2. The van der Waals surface area contributed by atoms with Gasteiger partial charge in [-0.1, -0.05) is 18.2 Å². The first-order valence-electron chi connectivity index (χ1n) is 4.95. The third kappa shape index (κ3) is 4.08. The molecular weight excluding hydrogens is 228 g/mol. The average molecular weight is 243 g/mol. The molecule has 1 rings (SSSR count). The molecule has 0 radical (unpaired) electrons. The normalized spacial score (nSPS) is 9.88. The number of alkyl halides is 1.